The molecule has 5 nitrogen and oxygen atoms in total. The number of carbonyl (C=O) groups is 2. The Hall–Kier alpha value is -1.88. The van der Waals surface area contributed by atoms with Gasteiger partial charge >= 0.3 is 5.97 Å². The number of hydrogen-bond acceptors (Lipinski definition) is 3. The lowest BCUT2D eigenvalue weighted by atomic mass is 10.1. The molecular weight excluding hydrogens is 256 g/mol. The minimum atomic E-state index is -0.965. The van der Waals surface area contributed by atoms with Crippen LogP contribution in [0.4, 0.5) is 5.69 Å². The van der Waals surface area contributed by atoms with Crippen LogP contribution in [-0.2, 0) is 9.59 Å². The number of hydrogen-bond donors (Lipinski definition) is 3. The van der Waals surface area contributed by atoms with Crippen molar-refractivity contribution in [2.75, 3.05) is 11.9 Å². The molecule has 3 N–H and O–H groups in total. The van der Waals surface area contributed by atoms with E-state index in [-0.39, 0.29) is 5.91 Å². The lowest BCUT2D eigenvalue weighted by molar-refractivity contribution is -0.143. The maximum atomic E-state index is 11.7. The lowest BCUT2D eigenvalue weighted by Crippen LogP contribution is -2.47. The average Bonchev–Trinajstić information content (AvgIpc) is 2.34. The number of aliphatic carboxylic acids is 1. The van der Waals surface area contributed by atoms with Crippen LogP contribution in [0.5, 0.6) is 0 Å². The highest BCUT2D eigenvalue weighted by Crippen LogP contribution is 2.10. The SMILES string of the molecule is Cc1cccc(NC(=O)CCCNC(C)(C)C(=O)O)c1. The first-order valence-electron chi connectivity index (χ1n) is 6.66. The Morgan fingerprint density at radius 1 is 1.30 bits per heavy atom. The van der Waals surface area contributed by atoms with Crippen molar-refractivity contribution in [3.05, 3.63) is 29.8 Å². The van der Waals surface area contributed by atoms with Gasteiger partial charge in [0.1, 0.15) is 5.54 Å². The molecule has 0 saturated heterocycles. The molecule has 1 amide bonds. The molecule has 0 heterocycles. The van der Waals surface area contributed by atoms with Gasteiger partial charge in [-0.3, -0.25) is 9.59 Å². The summed E-state index contributed by atoms with van der Waals surface area (Å²) in [5, 5.41) is 14.7. The van der Waals surface area contributed by atoms with Gasteiger partial charge in [0.05, 0.1) is 0 Å². The predicted octanol–water partition coefficient (Wildman–Crippen LogP) is 2.17. The van der Waals surface area contributed by atoms with Crippen LogP contribution in [0.15, 0.2) is 24.3 Å². The van der Waals surface area contributed by atoms with E-state index in [1.807, 2.05) is 31.2 Å². The molecule has 1 aromatic carbocycles. The zero-order chi connectivity index (χ0) is 15.2. The summed E-state index contributed by atoms with van der Waals surface area (Å²) in [6, 6.07) is 7.61. The molecule has 0 aliphatic rings. The number of carboxylic acids is 1. The number of carboxylic acid groups (broad SMARTS) is 1. The molecule has 0 unspecified atom stereocenters. The third-order valence-electron chi connectivity index (χ3n) is 2.98. The Kier molecular flexibility index (Phi) is 5.70. The molecule has 1 aromatic rings. The number of rotatable bonds is 7. The quantitative estimate of drug-likeness (QED) is 0.668. The van der Waals surface area contributed by atoms with Crippen LogP contribution >= 0.6 is 0 Å². The molecular formula is C15H22N2O3. The second-order valence-electron chi connectivity index (χ2n) is 5.38. The number of aryl methyl sites for hydroxylation is 1. The van der Waals surface area contributed by atoms with E-state index in [2.05, 4.69) is 10.6 Å². The molecule has 1 rings (SSSR count). The van der Waals surface area contributed by atoms with Crippen LogP contribution in [0.3, 0.4) is 0 Å². The Morgan fingerprint density at radius 3 is 2.60 bits per heavy atom. The van der Waals surface area contributed by atoms with Crippen molar-refractivity contribution >= 4 is 17.6 Å². The van der Waals surface area contributed by atoms with Crippen molar-refractivity contribution in [3.8, 4) is 0 Å². The monoisotopic (exact) mass is 278 g/mol. The van der Waals surface area contributed by atoms with E-state index in [1.54, 1.807) is 13.8 Å². The van der Waals surface area contributed by atoms with Gasteiger partial charge in [-0.2, -0.15) is 0 Å². The van der Waals surface area contributed by atoms with Gasteiger partial charge in [0.2, 0.25) is 5.91 Å². The van der Waals surface area contributed by atoms with Crippen molar-refractivity contribution < 1.29 is 14.7 Å². The van der Waals surface area contributed by atoms with Gasteiger partial charge in [0.25, 0.3) is 0 Å². The molecule has 0 radical (unpaired) electrons. The van der Waals surface area contributed by atoms with Crippen LogP contribution in [0.2, 0.25) is 0 Å². The number of anilines is 1. The van der Waals surface area contributed by atoms with Gasteiger partial charge in [0.15, 0.2) is 0 Å². The van der Waals surface area contributed by atoms with E-state index in [1.165, 1.54) is 0 Å². The molecule has 0 saturated carbocycles. The summed E-state index contributed by atoms with van der Waals surface area (Å²) in [5.41, 5.74) is 0.911. The topological polar surface area (TPSA) is 78.4 Å². The van der Waals surface area contributed by atoms with Gasteiger partial charge in [-0.15, -0.1) is 0 Å². The second-order valence-corrected chi connectivity index (χ2v) is 5.38. The van der Waals surface area contributed by atoms with Crippen molar-refractivity contribution in [1.82, 2.24) is 5.32 Å². The summed E-state index contributed by atoms with van der Waals surface area (Å²) in [4.78, 5) is 22.6. The third kappa shape index (κ3) is 5.40. The highest BCUT2D eigenvalue weighted by molar-refractivity contribution is 5.90. The fourth-order valence-electron chi connectivity index (χ4n) is 1.67. The average molecular weight is 278 g/mol. The molecule has 5 heteroatoms. The van der Waals surface area contributed by atoms with Gasteiger partial charge in [-0.1, -0.05) is 12.1 Å². The maximum absolute atomic E-state index is 11.7. The molecule has 0 atom stereocenters. The number of nitrogens with one attached hydrogen (secondary N) is 2. The first-order valence-corrected chi connectivity index (χ1v) is 6.66. The Bertz CT molecular complexity index is 484. The highest BCUT2D eigenvalue weighted by Gasteiger charge is 2.25. The van der Waals surface area contributed by atoms with Crippen molar-refractivity contribution in [3.63, 3.8) is 0 Å². The molecule has 0 aliphatic carbocycles. The number of carbonyl (C=O) groups excluding carboxylic acids is 1. The number of amides is 1. The van der Waals surface area contributed by atoms with Crippen LogP contribution in [0.25, 0.3) is 0 Å². The van der Waals surface area contributed by atoms with Gasteiger partial charge in [-0.25, -0.2) is 0 Å². The Balaban J connectivity index is 2.29. The summed E-state index contributed by atoms with van der Waals surface area (Å²) in [6.45, 7) is 5.65. The van der Waals surface area contributed by atoms with Gasteiger partial charge in [0, 0.05) is 12.1 Å². The minimum absolute atomic E-state index is 0.0643. The second kappa shape index (κ2) is 7.05. The van der Waals surface area contributed by atoms with E-state index in [4.69, 9.17) is 5.11 Å². The van der Waals surface area contributed by atoms with E-state index in [0.717, 1.165) is 11.3 Å². The minimum Gasteiger partial charge on any atom is -0.480 e. The van der Waals surface area contributed by atoms with Crippen LogP contribution < -0.4 is 10.6 Å². The van der Waals surface area contributed by atoms with Crippen molar-refractivity contribution in [1.29, 1.82) is 0 Å². The van der Waals surface area contributed by atoms with Gasteiger partial charge in [-0.05, 0) is 51.4 Å². The zero-order valence-electron chi connectivity index (χ0n) is 12.2. The van der Waals surface area contributed by atoms with E-state index >= 15 is 0 Å². The largest absolute Gasteiger partial charge is 0.480 e. The summed E-state index contributed by atoms with van der Waals surface area (Å²) in [7, 11) is 0. The fourth-order valence-corrected chi connectivity index (χ4v) is 1.67. The predicted molar refractivity (Wildman–Crippen MR) is 78.8 cm³/mol. The van der Waals surface area contributed by atoms with Gasteiger partial charge < -0.3 is 15.7 Å². The molecule has 0 aliphatic heterocycles. The maximum Gasteiger partial charge on any atom is 0.323 e. The molecule has 0 spiro atoms. The summed E-state index contributed by atoms with van der Waals surface area (Å²) >= 11 is 0. The molecule has 20 heavy (non-hydrogen) atoms. The first-order chi connectivity index (χ1) is 9.31. The van der Waals surface area contributed by atoms with E-state index < -0.39 is 11.5 Å². The smallest absolute Gasteiger partial charge is 0.323 e. The highest BCUT2D eigenvalue weighted by atomic mass is 16.4. The van der Waals surface area contributed by atoms with Crippen molar-refractivity contribution in [2.24, 2.45) is 0 Å². The van der Waals surface area contributed by atoms with E-state index in [9.17, 15) is 9.59 Å². The molecule has 0 bridgehead atoms. The van der Waals surface area contributed by atoms with Crippen LogP contribution in [0, 0.1) is 6.92 Å². The van der Waals surface area contributed by atoms with E-state index in [0.29, 0.717) is 19.4 Å². The summed E-state index contributed by atoms with van der Waals surface area (Å²) < 4.78 is 0. The lowest BCUT2D eigenvalue weighted by Gasteiger charge is -2.20. The first kappa shape index (κ1) is 16.2. The van der Waals surface area contributed by atoms with Crippen molar-refractivity contribution in [2.45, 2.75) is 39.2 Å². The summed E-state index contributed by atoms with van der Waals surface area (Å²) in [6.07, 6.45) is 0.949. The zero-order valence-corrected chi connectivity index (χ0v) is 12.2. The fraction of sp³-hybridized carbons (Fsp3) is 0.467. The van der Waals surface area contributed by atoms with Crippen LogP contribution in [-0.4, -0.2) is 29.1 Å². The van der Waals surface area contributed by atoms with Crippen LogP contribution in [0.1, 0.15) is 32.3 Å². The molecule has 0 fully saturated rings. The molecule has 0 aromatic heterocycles. The summed E-state index contributed by atoms with van der Waals surface area (Å²) in [5.74, 6) is -0.966. The third-order valence-corrected chi connectivity index (χ3v) is 2.98. The number of benzene rings is 1. The standard InChI is InChI=1S/C15H22N2O3/c1-11-6-4-7-12(10-11)17-13(18)8-5-9-16-15(2,3)14(19)20/h4,6-7,10,16H,5,8-9H2,1-3H3,(H,17,18)(H,19,20). The molecule has 110 valence electrons. The normalized spacial score (nSPS) is 11.2. The Morgan fingerprint density at radius 2 is 2.00 bits per heavy atom. The Labute approximate surface area is 119 Å².